The predicted octanol–water partition coefficient (Wildman–Crippen LogP) is 4.73. The maximum atomic E-state index is 12.4. The van der Waals surface area contributed by atoms with Crippen LogP contribution in [0.5, 0.6) is 5.75 Å². The van der Waals surface area contributed by atoms with Gasteiger partial charge in [-0.15, -0.1) is 0 Å². The summed E-state index contributed by atoms with van der Waals surface area (Å²) in [6, 6.07) is 24.2. The van der Waals surface area contributed by atoms with Crippen molar-refractivity contribution in [3.63, 3.8) is 0 Å². The molecule has 4 rings (SSSR count). The van der Waals surface area contributed by atoms with Gasteiger partial charge in [0.05, 0.1) is 12.8 Å². The smallest absolute Gasteiger partial charge is 0.241 e. The Bertz CT molecular complexity index is 1140. The van der Waals surface area contributed by atoms with Crippen LogP contribution in [0.2, 0.25) is 0 Å². The van der Waals surface area contributed by atoms with Gasteiger partial charge < -0.3 is 9.30 Å². The molecule has 0 radical (unpaired) electrons. The largest absolute Gasteiger partial charge is 0.497 e. The van der Waals surface area contributed by atoms with E-state index in [-0.39, 0.29) is 5.91 Å². The van der Waals surface area contributed by atoms with Crippen LogP contribution in [0.25, 0.3) is 21.8 Å². The monoisotopic (exact) mass is 385 g/mol. The highest BCUT2D eigenvalue weighted by molar-refractivity contribution is 6.08. The average molecular weight is 385 g/mol. The van der Waals surface area contributed by atoms with E-state index in [2.05, 4.69) is 39.4 Å². The highest BCUT2D eigenvalue weighted by Crippen LogP contribution is 2.28. The number of carbonyl (C=O) groups excluding carboxylic acids is 1. The number of benzene rings is 3. The standard InChI is InChI=1S/C24H23N3O2/c1-17(18-11-13-19(29-2)14-12-18)25-26-24(28)15-16-27-22-9-5-3-7-20(22)21-8-4-6-10-23(21)27/h3-14H,15-16H2,1-2H3,(H,26,28)/b25-17+. The van der Waals surface area contributed by atoms with Gasteiger partial charge in [0.2, 0.25) is 5.91 Å². The van der Waals surface area contributed by atoms with Crippen molar-refractivity contribution in [2.45, 2.75) is 19.9 Å². The van der Waals surface area contributed by atoms with E-state index in [1.165, 1.54) is 10.8 Å². The lowest BCUT2D eigenvalue weighted by molar-refractivity contribution is -0.121. The lowest BCUT2D eigenvalue weighted by Gasteiger charge is -2.07. The zero-order valence-corrected chi connectivity index (χ0v) is 16.6. The minimum absolute atomic E-state index is 0.111. The lowest BCUT2D eigenvalue weighted by atomic mass is 10.1. The first-order valence-corrected chi connectivity index (χ1v) is 9.61. The number of ether oxygens (including phenoxy) is 1. The second-order valence-electron chi connectivity index (χ2n) is 6.90. The topological polar surface area (TPSA) is 55.6 Å². The Morgan fingerprint density at radius 2 is 1.52 bits per heavy atom. The highest BCUT2D eigenvalue weighted by atomic mass is 16.5. The van der Waals surface area contributed by atoms with Crippen molar-refractivity contribution >= 4 is 33.4 Å². The van der Waals surface area contributed by atoms with Crippen LogP contribution in [-0.4, -0.2) is 23.3 Å². The number of methoxy groups -OCH3 is 1. The number of carbonyl (C=O) groups is 1. The van der Waals surface area contributed by atoms with E-state index in [0.29, 0.717) is 13.0 Å². The fourth-order valence-corrected chi connectivity index (χ4v) is 3.56. The number of aromatic nitrogens is 1. The van der Waals surface area contributed by atoms with Crippen molar-refractivity contribution in [2.24, 2.45) is 5.10 Å². The van der Waals surface area contributed by atoms with Crippen molar-refractivity contribution < 1.29 is 9.53 Å². The first-order chi connectivity index (χ1) is 14.2. The van der Waals surface area contributed by atoms with Gasteiger partial charge in [-0.05, 0) is 48.9 Å². The molecule has 5 nitrogen and oxygen atoms in total. The lowest BCUT2D eigenvalue weighted by Crippen LogP contribution is -2.20. The normalized spacial score (nSPS) is 11.7. The number of nitrogens with one attached hydrogen (secondary N) is 1. The second-order valence-corrected chi connectivity index (χ2v) is 6.90. The van der Waals surface area contributed by atoms with Crippen LogP contribution in [0.4, 0.5) is 0 Å². The molecule has 0 atom stereocenters. The van der Waals surface area contributed by atoms with Gasteiger partial charge in [0.15, 0.2) is 0 Å². The van der Waals surface area contributed by atoms with Crippen molar-refractivity contribution in [3.05, 3.63) is 78.4 Å². The molecule has 0 fully saturated rings. The number of para-hydroxylation sites is 2. The third-order valence-corrected chi connectivity index (χ3v) is 5.10. The Kier molecular flexibility index (Phi) is 5.29. The number of rotatable bonds is 6. The van der Waals surface area contributed by atoms with E-state index >= 15 is 0 Å². The molecule has 3 aromatic carbocycles. The summed E-state index contributed by atoms with van der Waals surface area (Å²) in [6.07, 6.45) is 0.349. The van der Waals surface area contributed by atoms with Crippen molar-refractivity contribution in [2.75, 3.05) is 7.11 Å². The molecule has 1 aromatic heterocycles. The van der Waals surface area contributed by atoms with Crippen LogP contribution in [0.1, 0.15) is 18.9 Å². The minimum atomic E-state index is -0.111. The zero-order chi connectivity index (χ0) is 20.2. The Balaban J connectivity index is 1.47. The molecule has 0 saturated heterocycles. The number of hydrogen-bond acceptors (Lipinski definition) is 3. The SMILES string of the molecule is COc1ccc(/C(C)=N/NC(=O)CCn2c3ccccc3c3ccccc32)cc1. The van der Waals surface area contributed by atoms with E-state index in [9.17, 15) is 4.79 Å². The molecule has 146 valence electrons. The molecule has 0 unspecified atom stereocenters. The predicted molar refractivity (Wildman–Crippen MR) is 117 cm³/mol. The number of amides is 1. The van der Waals surface area contributed by atoms with Gasteiger partial charge in [-0.3, -0.25) is 4.79 Å². The van der Waals surface area contributed by atoms with Gasteiger partial charge in [-0.1, -0.05) is 36.4 Å². The van der Waals surface area contributed by atoms with Crippen LogP contribution in [0.3, 0.4) is 0 Å². The van der Waals surface area contributed by atoms with Gasteiger partial charge in [-0.2, -0.15) is 5.10 Å². The Morgan fingerprint density at radius 3 is 2.10 bits per heavy atom. The molecule has 0 bridgehead atoms. The molecule has 1 amide bonds. The van der Waals surface area contributed by atoms with Gasteiger partial charge in [0.1, 0.15) is 5.75 Å². The first-order valence-electron chi connectivity index (χ1n) is 9.61. The van der Waals surface area contributed by atoms with Gasteiger partial charge in [-0.25, -0.2) is 5.43 Å². The fraction of sp³-hybridized carbons (Fsp3) is 0.167. The molecule has 0 spiro atoms. The number of aryl methyl sites for hydroxylation is 1. The number of hydrazone groups is 1. The quantitative estimate of drug-likeness (QED) is 0.385. The highest BCUT2D eigenvalue weighted by Gasteiger charge is 2.11. The van der Waals surface area contributed by atoms with Gasteiger partial charge in [0, 0.05) is 34.8 Å². The van der Waals surface area contributed by atoms with Crippen molar-refractivity contribution in [1.29, 1.82) is 0 Å². The maximum Gasteiger partial charge on any atom is 0.241 e. The zero-order valence-electron chi connectivity index (χ0n) is 16.6. The summed E-state index contributed by atoms with van der Waals surface area (Å²) in [7, 11) is 1.63. The summed E-state index contributed by atoms with van der Waals surface area (Å²) in [5.41, 5.74) is 6.64. The molecule has 1 heterocycles. The van der Waals surface area contributed by atoms with E-state index < -0.39 is 0 Å². The Hall–Kier alpha value is -3.60. The maximum absolute atomic E-state index is 12.4. The van der Waals surface area contributed by atoms with E-state index in [0.717, 1.165) is 28.1 Å². The second kappa shape index (κ2) is 8.19. The van der Waals surface area contributed by atoms with Crippen LogP contribution >= 0.6 is 0 Å². The molecular formula is C24H23N3O2. The first kappa shape index (κ1) is 18.7. The van der Waals surface area contributed by atoms with Crippen molar-refractivity contribution in [1.82, 2.24) is 9.99 Å². The molecule has 0 aliphatic rings. The summed E-state index contributed by atoms with van der Waals surface area (Å²) >= 11 is 0. The summed E-state index contributed by atoms with van der Waals surface area (Å²) in [4.78, 5) is 12.4. The van der Waals surface area contributed by atoms with E-state index in [4.69, 9.17) is 4.74 Å². The third kappa shape index (κ3) is 3.85. The van der Waals surface area contributed by atoms with Crippen LogP contribution in [0, 0.1) is 0 Å². The molecule has 1 N–H and O–H groups in total. The molecule has 0 saturated carbocycles. The fourth-order valence-electron chi connectivity index (χ4n) is 3.56. The summed E-state index contributed by atoms with van der Waals surface area (Å²) in [5, 5.41) is 6.65. The summed E-state index contributed by atoms with van der Waals surface area (Å²) in [6.45, 7) is 2.46. The van der Waals surface area contributed by atoms with E-state index in [1.807, 2.05) is 55.5 Å². The molecule has 5 heteroatoms. The molecule has 0 aliphatic heterocycles. The van der Waals surface area contributed by atoms with E-state index in [1.54, 1.807) is 7.11 Å². The third-order valence-electron chi connectivity index (χ3n) is 5.10. The summed E-state index contributed by atoms with van der Waals surface area (Å²) in [5.74, 6) is 0.677. The average Bonchev–Trinajstić information content (AvgIpc) is 3.10. The van der Waals surface area contributed by atoms with Crippen LogP contribution in [-0.2, 0) is 11.3 Å². The molecule has 29 heavy (non-hydrogen) atoms. The molecular weight excluding hydrogens is 362 g/mol. The number of nitrogens with zero attached hydrogens (tertiary/aromatic N) is 2. The molecule has 0 aliphatic carbocycles. The van der Waals surface area contributed by atoms with Crippen LogP contribution < -0.4 is 10.2 Å². The minimum Gasteiger partial charge on any atom is -0.497 e. The number of fused-ring (bicyclic) bond motifs is 3. The Labute approximate surface area is 169 Å². The summed E-state index contributed by atoms with van der Waals surface area (Å²) < 4.78 is 7.36. The Morgan fingerprint density at radius 1 is 0.931 bits per heavy atom. The van der Waals surface area contributed by atoms with Crippen molar-refractivity contribution in [3.8, 4) is 5.75 Å². The van der Waals surface area contributed by atoms with Gasteiger partial charge in [0.25, 0.3) is 0 Å². The number of hydrogen-bond donors (Lipinski definition) is 1. The van der Waals surface area contributed by atoms with Gasteiger partial charge >= 0.3 is 0 Å². The van der Waals surface area contributed by atoms with Crippen LogP contribution in [0.15, 0.2) is 77.9 Å². The molecule has 4 aromatic rings.